The van der Waals surface area contributed by atoms with Gasteiger partial charge in [-0.05, 0) is 31.0 Å². The monoisotopic (exact) mass is 310 g/mol. The van der Waals surface area contributed by atoms with Crippen molar-refractivity contribution in [2.45, 2.75) is 33.1 Å². The number of benzene rings is 1. The molecule has 0 spiro atoms. The van der Waals surface area contributed by atoms with E-state index in [0.29, 0.717) is 25.1 Å². The molecule has 0 heterocycles. The Labute approximate surface area is 130 Å². The molecule has 0 bridgehead atoms. The van der Waals surface area contributed by atoms with Crippen molar-refractivity contribution in [1.29, 1.82) is 0 Å². The number of rotatable bonds is 8. The van der Waals surface area contributed by atoms with Crippen molar-refractivity contribution in [1.82, 2.24) is 4.90 Å². The summed E-state index contributed by atoms with van der Waals surface area (Å²) in [6.45, 7) is 4.35. The topological polar surface area (TPSA) is 69.6 Å². The smallest absolute Gasteiger partial charge is 0.253 e. The highest BCUT2D eigenvalue weighted by Crippen LogP contribution is 2.18. The van der Waals surface area contributed by atoms with E-state index < -0.39 is 11.7 Å². The number of halogens is 1. The molecule has 0 aromatic heterocycles. The number of carbonyl (C=O) groups is 2. The van der Waals surface area contributed by atoms with Crippen LogP contribution in [0.25, 0.3) is 0 Å². The van der Waals surface area contributed by atoms with E-state index in [1.54, 1.807) is 4.90 Å². The van der Waals surface area contributed by atoms with Crippen molar-refractivity contribution in [2.24, 2.45) is 0 Å². The highest BCUT2D eigenvalue weighted by Gasteiger charge is 2.17. The number of aliphatic hydroxyl groups excluding tert-OH is 1. The van der Waals surface area contributed by atoms with Crippen LogP contribution in [0.3, 0.4) is 0 Å². The Morgan fingerprint density at radius 2 is 1.95 bits per heavy atom. The van der Waals surface area contributed by atoms with Gasteiger partial charge >= 0.3 is 0 Å². The third-order valence-electron chi connectivity index (χ3n) is 3.18. The van der Waals surface area contributed by atoms with Crippen molar-refractivity contribution in [3.8, 4) is 0 Å². The van der Waals surface area contributed by atoms with Gasteiger partial charge in [0.2, 0.25) is 5.91 Å². The van der Waals surface area contributed by atoms with Crippen LogP contribution in [0.15, 0.2) is 18.2 Å². The Bertz CT molecular complexity index is 512. The Hall–Kier alpha value is -1.95. The van der Waals surface area contributed by atoms with Gasteiger partial charge in [-0.3, -0.25) is 9.59 Å². The fraction of sp³-hybridized carbons (Fsp3) is 0.500. The number of nitrogens with zero attached hydrogens (tertiary/aromatic N) is 1. The summed E-state index contributed by atoms with van der Waals surface area (Å²) in [4.78, 5) is 25.2. The molecule has 0 aliphatic carbocycles. The number of amides is 2. The fourth-order valence-electron chi connectivity index (χ4n) is 2.05. The van der Waals surface area contributed by atoms with Crippen LogP contribution in [-0.4, -0.2) is 41.5 Å². The Balaban J connectivity index is 2.94. The van der Waals surface area contributed by atoms with Gasteiger partial charge < -0.3 is 15.3 Å². The number of anilines is 1. The van der Waals surface area contributed by atoms with Crippen LogP contribution in [0, 0.1) is 5.82 Å². The second-order valence-electron chi connectivity index (χ2n) is 5.10. The first-order valence-electron chi connectivity index (χ1n) is 7.46. The molecule has 5 nitrogen and oxygen atoms in total. The lowest BCUT2D eigenvalue weighted by Crippen LogP contribution is -2.33. The molecule has 2 N–H and O–H groups in total. The van der Waals surface area contributed by atoms with Crippen LogP contribution >= 0.6 is 0 Å². The highest BCUT2D eigenvalue weighted by atomic mass is 19.1. The zero-order valence-electron chi connectivity index (χ0n) is 13.1. The summed E-state index contributed by atoms with van der Waals surface area (Å²) in [5.41, 5.74) is 0.315. The first-order valence-corrected chi connectivity index (χ1v) is 7.46. The average Bonchev–Trinajstić information content (AvgIpc) is 2.48. The van der Waals surface area contributed by atoms with E-state index in [9.17, 15) is 14.0 Å². The molecule has 1 aromatic rings. The van der Waals surface area contributed by atoms with Crippen molar-refractivity contribution >= 4 is 17.5 Å². The van der Waals surface area contributed by atoms with Crippen LogP contribution < -0.4 is 5.32 Å². The van der Waals surface area contributed by atoms with Gasteiger partial charge in [0.1, 0.15) is 5.82 Å². The first kappa shape index (κ1) is 18.1. The van der Waals surface area contributed by atoms with Crippen molar-refractivity contribution in [2.75, 3.05) is 25.0 Å². The fourth-order valence-corrected chi connectivity index (χ4v) is 2.05. The van der Waals surface area contributed by atoms with E-state index in [1.807, 2.05) is 6.92 Å². The Kier molecular flexibility index (Phi) is 7.52. The maximum absolute atomic E-state index is 13.6. The van der Waals surface area contributed by atoms with Crippen LogP contribution in [0.1, 0.15) is 43.5 Å². The van der Waals surface area contributed by atoms with E-state index in [0.717, 1.165) is 12.8 Å². The van der Waals surface area contributed by atoms with Gasteiger partial charge in [-0.25, -0.2) is 4.39 Å². The molecule has 1 aromatic carbocycles. The number of unbranched alkanes of at least 4 members (excludes halogenated alkanes) is 1. The van der Waals surface area contributed by atoms with Crippen LogP contribution in [0.5, 0.6) is 0 Å². The third kappa shape index (κ3) is 5.44. The highest BCUT2D eigenvalue weighted by molar-refractivity contribution is 5.96. The molecule has 0 saturated heterocycles. The molecule has 0 atom stereocenters. The van der Waals surface area contributed by atoms with E-state index in [-0.39, 0.29) is 18.2 Å². The molecular formula is C16H23FN2O3. The standard InChI is InChI=1S/C16H23FN2O3/c1-3-4-8-19(9-5-10-20)16(22)13-6-7-14(17)15(11-13)18-12(2)21/h6-7,11,20H,3-5,8-10H2,1-2H3,(H,18,21). The summed E-state index contributed by atoms with van der Waals surface area (Å²) < 4.78 is 13.6. The molecule has 2 amide bonds. The lowest BCUT2D eigenvalue weighted by molar-refractivity contribution is -0.114. The second kappa shape index (κ2) is 9.15. The Morgan fingerprint density at radius 3 is 2.55 bits per heavy atom. The molecule has 0 aliphatic rings. The zero-order chi connectivity index (χ0) is 16.5. The SMILES string of the molecule is CCCCN(CCCO)C(=O)c1ccc(F)c(NC(C)=O)c1. The number of carbonyl (C=O) groups excluding carboxylic acids is 2. The maximum atomic E-state index is 13.6. The minimum atomic E-state index is -0.581. The lowest BCUT2D eigenvalue weighted by atomic mass is 10.1. The minimum Gasteiger partial charge on any atom is -0.396 e. The van der Waals surface area contributed by atoms with Gasteiger partial charge in [-0.2, -0.15) is 0 Å². The maximum Gasteiger partial charge on any atom is 0.253 e. The second-order valence-corrected chi connectivity index (χ2v) is 5.10. The molecule has 122 valence electrons. The lowest BCUT2D eigenvalue weighted by Gasteiger charge is -2.22. The van der Waals surface area contributed by atoms with Crippen LogP contribution in [0.2, 0.25) is 0 Å². The number of hydrogen-bond donors (Lipinski definition) is 2. The van der Waals surface area contributed by atoms with Crippen LogP contribution in [0.4, 0.5) is 10.1 Å². The summed E-state index contributed by atoms with van der Waals surface area (Å²) in [6.07, 6.45) is 2.30. The molecular weight excluding hydrogens is 287 g/mol. The van der Waals surface area contributed by atoms with Gasteiger partial charge in [-0.15, -0.1) is 0 Å². The summed E-state index contributed by atoms with van der Waals surface area (Å²) in [5, 5.41) is 11.3. The molecule has 1 rings (SSSR count). The third-order valence-corrected chi connectivity index (χ3v) is 3.18. The molecule has 0 saturated carbocycles. The molecule has 0 fully saturated rings. The number of aliphatic hydroxyl groups is 1. The quantitative estimate of drug-likeness (QED) is 0.774. The van der Waals surface area contributed by atoms with Gasteiger partial charge in [0.25, 0.3) is 5.91 Å². The summed E-state index contributed by atoms with van der Waals surface area (Å²) in [5.74, 6) is -1.21. The summed E-state index contributed by atoms with van der Waals surface area (Å²) >= 11 is 0. The van der Waals surface area contributed by atoms with Crippen molar-refractivity contribution < 1.29 is 19.1 Å². The molecule has 0 radical (unpaired) electrons. The van der Waals surface area contributed by atoms with E-state index in [4.69, 9.17) is 5.11 Å². The molecule has 0 unspecified atom stereocenters. The van der Waals surface area contributed by atoms with Gasteiger partial charge in [0.05, 0.1) is 5.69 Å². The largest absolute Gasteiger partial charge is 0.396 e. The molecule has 6 heteroatoms. The number of nitrogens with one attached hydrogen (secondary N) is 1. The van der Waals surface area contributed by atoms with Crippen molar-refractivity contribution in [3.63, 3.8) is 0 Å². The van der Waals surface area contributed by atoms with E-state index in [1.165, 1.54) is 25.1 Å². The van der Waals surface area contributed by atoms with E-state index >= 15 is 0 Å². The van der Waals surface area contributed by atoms with Gasteiger partial charge in [0, 0.05) is 32.2 Å². The molecule has 0 aliphatic heterocycles. The van der Waals surface area contributed by atoms with Crippen LogP contribution in [-0.2, 0) is 4.79 Å². The zero-order valence-corrected chi connectivity index (χ0v) is 13.1. The van der Waals surface area contributed by atoms with Crippen molar-refractivity contribution in [3.05, 3.63) is 29.6 Å². The molecule has 22 heavy (non-hydrogen) atoms. The normalized spacial score (nSPS) is 10.4. The number of hydrogen-bond acceptors (Lipinski definition) is 3. The predicted octanol–water partition coefficient (Wildman–Crippen LogP) is 2.41. The Morgan fingerprint density at radius 1 is 1.27 bits per heavy atom. The summed E-state index contributed by atoms with van der Waals surface area (Å²) in [6, 6.07) is 3.92. The predicted molar refractivity (Wildman–Crippen MR) is 83.2 cm³/mol. The minimum absolute atomic E-state index is 0.00375. The van der Waals surface area contributed by atoms with Gasteiger partial charge in [-0.1, -0.05) is 13.3 Å². The van der Waals surface area contributed by atoms with Gasteiger partial charge in [0.15, 0.2) is 0 Å². The average molecular weight is 310 g/mol. The van der Waals surface area contributed by atoms with E-state index in [2.05, 4.69) is 5.32 Å². The summed E-state index contributed by atoms with van der Waals surface area (Å²) in [7, 11) is 0. The first-order chi connectivity index (χ1) is 10.5.